The Balaban J connectivity index is 4.04. The molecule has 0 unspecified atom stereocenters. The van der Waals surface area contributed by atoms with Gasteiger partial charge in [-0.2, -0.15) is 0 Å². The zero-order valence-corrected chi connectivity index (χ0v) is 21.9. The minimum atomic E-state index is -0.710. The summed E-state index contributed by atoms with van der Waals surface area (Å²) in [5.41, 5.74) is 0. The Bertz CT molecular complexity index is 491. The molecular weight excluding hydrogens is 434 g/mol. The number of aliphatic carboxylic acids is 2. The Morgan fingerprint density at radius 2 is 0.971 bits per heavy atom. The van der Waals surface area contributed by atoms with Crippen molar-refractivity contribution in [3.05, 3.63) is 0 Å². The average molecular weight is 486 g/mol. The average Bonchev–Trinajstić information content (AvgIpc) is 2.75. The number of carbonyl (C=O) groups excluding carboxylic acids is 1. The number of carboxylic acid groups (broad SMARTS) is 2. The molecule has 0 aliphatic rings. The summed E-state index contributed by atoms with van der Waals surface area (Å²) in [4.78, 5) is 35.4. The van der Waals surface area contributed by atoms with Gasteiger partial charge in [-0.15, -0.1) is 0 Å². The third-order valence-corrected chi connectivity index (χ3v) is 6.12. The van der Waals surface area contributed by atoms with E-state index in [0.717, 1.165) is 116 Å². The monoisotopic (exact) mass is 485 g/mol. The molecule has 200 valence electrons. The van der Waals surface area contributed by atoms with Crippen molar-refractivity contribution in [1.29, 1.82) is 0 Å². The van der Waals surface area contributed by atoms with Crippen molar-refractivity contribution in [1.82, 2.24) is 4.90 Å². The molecule has 0 aliphatic heterocycles. The molecule has 7 heteroatoms. The number of ether oxygens (including phenoxy) is 1. The van der Waals surface area contributed by atoms with E-state index in [0.29, 0.717) is 6.42 Å². The van der Waals surface area contributed by atoms with Crippen molar-refractivity contribution in [2.75, 3.05) is 20.6 Å². The standard InChI is InChI=1S/C27H51NO6/c1-28(2)23-17-22-27(33)34-24(18-13-9-5-3-7-11-15-20-25(29)30)19-14-10-6-4-8-12-16-21-26(31)32/h24H,3-23H2,1-2H3,(H,29,30)(H,31,32). The molecule has 0 bridgehead atoms. The normalized spacial score (nSPS) is 11.3. The highest BCUT2D eigenvalue weighted by Gasteiger charge is 2.14. The number of rotatable bonds is 25. The first-order chi connectivity index (χ1) is 16.3. The van der Waals surface area contributed by atoms with Crippen LogP contribution in [-0.2, 0) is 19.1 Å². The first-order valence-electron chi connectivity index (χ1n) is 13.6. The van der Waals surface area contributed by atoms with E-state index >= 15 is 0 Å². The lowest BCUT2D eigenvalue weighted by Gasteiger charge is -2.18. The van der Waals surface area contributed by atoms with Crippen molar-refractivity contribution in [3.63, 3.8) is 0 Å². The predicted octanol–water partition coefficient (Wildman–Crippen LogP) is 6.43. The summed E-state index contributed by atoms with van der Waals surface area (Å²) in [6.07, 6.45) is 18.4. The Labute approximate surface area is 207 Å². The van der Waals surface area contributed by atoms with Gasteiger partial charge in [0.15, 0.2) is 0 Å². The topological polar surface area (TPSA) is 104 Å². The molecule has 0 heterocycles. The van der Waals surface area contributed by atoms with Gasteiger partial charge in [-0.25, -0.2) is 0 Å². The van der Waals surface area contributed by atoms with Gasteiger partial charge in [0.25, 0.3) is 0 Å². The van der Waals surface area contributed by atoms with E-state index in [1.165, 1.54) is 0 Å². The van der Waals surface area contributed by atoms with Gasteiger partial charge in [-0.3, -0.25) is 14.4 Å². The number of carboxylic acids is 2. The molecule has 34 heavy (non-hydrogen) atoms. The molecule has 0 spiro atoms. The molecule has 0 saturated heterocycles. The van der Waals surface area contributed by atoms with Crippen LogP contribution in [0.3, 0.4) is 0 Å². The molecule has 0 atom stereocenters. The first kappa shape index (κ1) is 32.4. The molecule has 0 aliphatic carbocycles. The smallest absolute Gasteiger partial charge is 0.306 e. The van der Waals surface area contributed by atoms with Crippen molar-refractivity contribution in [2.24, 2.45) is 0 Å². The molecular formula is C27H51NO6. The summed E-state index contributed by atoms with van der Waals surface area (Å²) >= 11 is 0. The number of hydrogen-bond acceptors (Lipinski definition) is 5. The summed E-state index contributed by atoms with van der Waals surface area (Å²) in [5.74, 6) is -1.50. The second-order valence-corrected chi connectivity index (χ2v) is 9.83. The maximum absolute atomic E-state index is 12.3. The SMILES string of the molecule is CN(C)CCCC(=O)OC(CCCCCCCCCC(=O)O)CCCCCCCCCC(=O)O. The molecule has 0 radical (unpaired) electrons. The molecule has 0 rings (SSSR count). The van der Waals surface area contributed by atoms with Gasteiger partial charge in [0.05, 0.1) is 0 Å². The first-order valence-corrected chi connectivity index (χ1v) is 13.6. The number of hydrogen-bond donors (Lipinski definition) is 2. The van der Waals surface area contributed by atoms with Crippen molar-refractivity contribution < 1.29 is 29.3 Å². The van der Waals surface area contributed by atoms with Gasteiger partial charge in [0.1, 0.15) is 6.10 Å². The van der Waals surface area contributed by atoms with Crippen LogP contribution in [-0.4, -0.2) is 59.8 Å². The number of esters is 1. The highest BCUT2D eigenvalue weighted by Crippen LogP contribution is 2.18. The predicted molar refractivity (Wildman–Crippen MR) is 136 cm³/mol. The Morgan fingerprint density at radius 1 is 0.588 bits per heavy atom. The highest BCUT2D eigenvalue weighted by atomic mass is 16.5. The van der Waals surface area contributed by atoms with Crippen LogP contribution in [0, 0.1) is 0 Å². The number of carbonyl (C=O) groups is 3. The maximum Gasteiger partial charge on any atom is 0.306 e. The summed E-state index contributed by atoms with van der Waals surface area (Å²) in [6, 6.07) is 0. The van der Waals surface area contributed by atoms with Gasteiger partial charge in [0, 0.05) is 19.3 Å². The van der Waals surface area contributed by atoms with E-state index in [1.807, 2.05) is 14.1 Å². The Hall–Kier alpha value is -1.63. The van der Waals surface area contributed by atoms with Gasteiger partial charge in [-0.1, -0.05) is 64.2 Å². The van der Waals surface area contributed by atoms with Crippen LogP contribution in [0.4, 0.5) is 0 Å². The third-order valence-electron chi connectivity index (χ3n) is 6.12. The van der Waals surface area contributed by atoms with Gasteiger partial charge in [0.2, 0.25) is 0 Å². The molecule has 0 amide bonds. The van der Waals surface area contributed by atoms with Crippen LogP contribution in [0.25, 0.3) is 0 Å². The second kappa shape index (κ2) is 23.1. The third kappa shape index (κ3) is 25.0. The molecule has 2 N–H and O–H groups in total. The minimum Gasteiger partial charge on any atom is -0.481 e. The zero-order valence-electron chi connectivity index (χ0n) is 21.9. The fourth-order valence-corrected chi connectivity index (χ4v) is 4.11. The van der Waals surface area contributed by atoms with Crippen LogP contribution in [0.1, 0.15) is 128 Å². The largest absolute Gasteiger partial charge is 0.481 e. The molecule has 0 aromatic rings. The van der Waals surface area contributed by atoms with E-state index in [1.54, 1.807) is 0 Å². The number of unbranched alkanes of at least 4 members (excludes halogenated alkanes) is 12. The van der Waals surface area contributed by atoms with Crippen LogP contribution in [0.2, 0.25) is 0 Å². The Morgan fingerprint density at radius 3 is 1.35 bits per heavy atom. The molecule has 0 aromatic carbocycles. The fraction of sp³-hybridized carbons (Fsp3) is 0.889. The molecule has 0 saturated carbocycles. The lowest BCUT2D eigenvalue weighted by atomic mass is 10.0. The lowest BCUT2D eigenvalue weighted by molar-refractivity contribution is -0.150. The van der Waals surface area contributed by atoms with Crippen LogP contribution < -0.4 is 0 Å². The summed E-state index contributed by atoms with van der Waals surface area (Å²) < 4.78 is 5.83. The van der Waals surface area contributed by atoms with Crippen molar-refractivity contribution >= 4 is 17.9 Å². The van der Waals surface area contributed by atoms with E-state index in [-0.39, 0.29) is 24.9 Å². The lowest BCUT2D eigenvalue weighted by Crippen LogP contribution is -2.20. The maximum atomic E-state index is 12.3. The Kier molecular flexibility index (Phi) is 22.0. The zero-order chi connectivity index (χ0) is 25.4. The van der Waals surface area contributed by atoms with E-state index < -0.39 is 11.9 Å². The molecule has 7 nitrogen and oxygen atoms in total. The van der Waals surface area contributed by atoms with E-state index in [2.05, 4.69) is 4.90 Å². The van der Waals surface area contributed by atoms with Crippen molar-refractivity contribution in [3.8, 4) is 0 Å². The fourth-order valence-electron chi connectivity index (χ4n) is 4.11. The van der Waals surface area contributed by atoms with Crippen LogP contribution >= 0.6 is 0 Å². The number of nitrogens with zero attached hydrogens (tertiary/aromatic N) is 1. The van der Waals surface area contributed by atoms with Crippen LogP contribution in [0.15, 0.2) is 0 Å². The summed E-state index contributed by atoms with van der Waals surface area (Å²) in [5, 5.41) is 17.3. The summed E-state index contributed by atoms with van der Waals surface area (Å²) in [7, 11) is 4.01. The minimum absolute atomic E-state index is 0.0120. The van der Waals surface area contributed by atoms with Gasteiger partial charge < -0.3 is 19.8 Å². The van der Waals surface area contributed by atoms with E-state index in [9.17, 15) is 14.4 Å². The summed E-state index contributed by atoms with van der Waals surface area (Å²) in [6.45, 7) is 0.888. The molecule has 0 aromatic heterocycles. The quantitative estimate of drug-likeness (QED) is 0.113. The van der Waals surface area contributed by atoms with Crippen molar-refractivity contribution in [2.45, 2.75) is 135 Å². The second-order valence-electron chi connectivity index (χ2n) is 9.83. The van der Waals surface area contributed by atoms with Gasteiger partial charge in [-0.05, 0) is 65.6 Å². The van der Waals surface area contributed by atoms with Crippen LogP contribution in [0.5, 0.6) is 0 Å². The molecule has 0 fully saturated rings. The highest BCUT2D eigenvalue weighted by molar-refractivity contribution is 5.69. The van der Waals surface area contributed by atoms with E-state index in [4.69, 9.17) is 14.9 Å². The van der Waals surface area contributed by atoms with Gasteiger partial charge >= 0.3 is 17.9 Å².